The van der Waals surface area contributed by atoms with E-state index in [2.05, 4.69) is 10.6 Å². The predicted molar refractivity (Wildman–Crippen MR) is 73.7 cm³/mol. The molecule has 1 aliphatic carbocycles. The molecule has 0 aliphatic heterocycles. The van der Waals surface area contributed by atoms with Gasteiger partial charge in [0.2, 0.25) is 0 Å². The van der Waals surface area contributed by atoms with E-state index in [9.17, 15) is 4.79 Å². The number of rotatable bonds is 5. The summed E-state index contributed by atoms with van der Waals surface area (Å²) in [6.45, 7) is 3.31. The molecule has 1 aliphatic rings. The number of carbonyl (C=O) groups is 1. The van der Waals surface area contributed by atoms with Gasteiger partial charge in [-0.1, -0.05) is 32.1 Å². The van der Waals surface area contributed by atoms with Gasteiger partial charge in [-0.2, -0.15) is 0 Å². The molecule has 0 radical (unpaired) electrons. The number of hydrogen-bond acceptors (Lipinski definition) is 2. The van der Waals surface area contributed by atoms with Gasteiger partial charge in [0, 0.05) is 13.7 Å². The highest BCUT2D eigenvalue weighted by Crippen LogP contribution is 2.21. The normalized spacial score (nSPS) is 19.7. The van der Waals surface area contributed by atoms with Crippen LogP contribution in [0.4, 0.5) is 4.79 Å². The molecule has 1 fully saturated rings. The third-order valence-corrected chi connectivity index (χ3v) is 3.57. The van der Waals surface area contributed by atoms with Gasteiger partial charge in [0.25, 0.3) is 0 Å². The summed E-state index contributed by atoms with van der Waals surface area (Å²) in [5.74, 6) is 0.661. The zero-order chi connectivity index (χ0) is 13.2. The van der Waals surface area contributed by atoms with E-state index in [0.29, 0.717) is 12.5 Å². The van der Waals surface area contributed by atoms with E-state index in [1.54, 1.807) is 7.11 Å². The third kappa shape index (κ3) is 6.84. The van der Waals surface area contributed by atoms with Crippen LogP contribution in [0.3, 0.4) is 0 Å². The van der Waals surface area contributed by atoms with Crippen LogP contribution in [-0.4, -0.2) is 32.3 Å². The second-order valence-electron chi connectivity index (χ2n) is 5.42. The van der Waals surface area contributed by atoms with Gasteiger partial charge in [0.1, 0.15) is 0 Å². The second-order valence-corrected chi connectivity index (χ2v) is 5.42. The topological polar surface area (TPSA) is 50.4 Å². The monoisotopic (exact) mass is 256 g/mol. The van der Waals surface area contributed by atoms with Crippen LogP contribution in [-0.2, 0) is 4.74 Å². The Labute approximate surface area is 111 Å². The molecule has 0 aromatic rings. The standard InChI is InChI=1S/C14H28N2O2/c1-12(11-18-2)16-14(17)15-10-13-8-6-4-3-5-7-9-13/h12-13H,3-11H2,1-2H3,(H2,15,16,17). The first-order valence-corrected chi connectivity index (χ1v) is 7.25. The van der Waals surface area contributed by atoms with Crippen LogP contribution in [0, 0.1) is 5.92 Å². The molecule has 2 N–H and O–H groups in total. The molecule has 0 aromatic carbocycles. The molecule has 0 saturated heterocycles. The van der Waals surface area contributed by atoms with E-state index in [1.165, 1.54) is 44.9 Å². The Bertz CT molecular complexity index is 226. The molecule has 0 bridgehead atoms. The molecule has 18 heavy (non-hydrogen) atoms. The van der Waals surface area contributed by atoms with E-state index < -0.39 is 0 Å². The number of amides is 2. The molecule has 1 atom stereocenters. The molecular formula is C14H28N2O2. The number of methoxy groups -OCH3 is 1. The zero-order valence-corrected chi connectivity index (χ0v) is 11.8. The van der Waals surface area contributed by atoms with E-state index in [4.69, 9.17) is 4.74 Å². The summed E-state index contributed by atoms with van der Waals surface area (Å²) in [6.07, 6.45) is 9.24. The van der Waals surface area contributed by atoms with Crippen molar-refractivity contribution in [2.24, 2.45) is 5.92 Å². The van der Waals surface area contributed by atoms with Gasteiger partial charge < -0.3 is 15.4 Å². The van der Waals surface area contributed by atoms with Crippen molar-refractivity contribution in [2.75, 3.05) is 20.3 Å². The molecule has 4 heteroatoms. The molecule has 1 unspecified atom stereocenters. The van der Waals surface area contributed by atoms with Crippen LogP contribution in [0.2, 0.25) is 0 Å². The molecule has 0 aromatic heterocycles. The minimum atomic E-state index is -0.0680. The van der Waals surface area contributed by atoms with Crippen molar-refractivity contribution < 1.29 is 9.53 Å². The average molecular weight is 256 g/mol. The SMILES string of the molecule is COCC(C)NC(=O)NCC1CCCCCCC1. The fourth-order valence-electron chi connectivity index (χ4n) is 2.55. The van der Waals surface area contributed by atoms with Gasteiger partial charge >= 0.3 is 6.03 Å². The predicted octanol–water partition coefficient (Wildman–Crippen LogP) is 2.68. The fraction of sp³-hybridized carbons (Fsp3) is 0.929. The molecule has 1 saturated carbocycles. The Morgan fingerprint density at radius 3 is 2.44 bits per heavy atom. The van der Waals surface area contributed by atoms with Gasteiger partial charge in [-0.25, -0.2) is 4.79 Å². The first-order chi connectivity index (χ1) is 8.72. The first kappa shape index (κ1) is 15.3. The Morgan fingerprint density at radius 2 is 1.83 bits per heavy atom. The summed E-state index contributed by atoms with van der Waals surface area (Å²) < 4.78 is 4.99. The van der Waals surface area contributed by atoms with Crippen molar-refractivity contribution >= 4 is 6.03 Å². The van der Waals surface area contributed by atoms with Crippen LogP contribution in [0.15, 0.2) is 0 Å². The van der Waals surface area contributed by atoms with Crippen molar-refractivity contribution in [3.63, 3.8) is 0 Å². The molecular weight excluding hydrogens is 228 g/mol. The Morgan fingerprint density at radius 1 is 1.22 bits per heavy atom. The maximum Gasteiger partial charge on any atom is 0.315 e. The van der Waals surface area contributed by atoms with Crippen LogP contribution in [0.5, 0.6) is 0 Å². The van der Waals surface area contributed by atoms with E-state index >= 15 is 0 Å². The summed E-state index contributed by atoms with van der Waals surface area (Å²) >= 11 is 0. The molecule has 1 rings (SSSR count). The molecule has 0 spiro atoms. The van der Waals surface area contributed by atoms with Crippen LogP contribution >= 0.6 is 0 Å². The first-order valence-electron chi connectivity index (χ1n) is 7.25. The number of carbonyl (C=O) groups excluding carboxylic acids is 1. The quantitative estimate of drug-likeness (QED) is 0.794. The minimum absolute atomic E-state index is 0.0623. The lowest BCUT2D eigenvalue weighted by Gasteiger charge is -2.21. The molecule has 106 valence electrons. The minimum Gasteiger partial charge on any atom is -0.383 e. The summed E-state index contributed by atoms with van der Waals surface area (Å²) in [5.41, 5.74) is 0. The van der Waals surface area contributed by atoms with Crippen molar-refractivity contribution in [1.29, 1.82) is 0 Å². The highest BCUT2D eigenvalue weighted by atomic mass is 16.5. The van der Waals surface area contributed by atoms with E-state index in [0.717, 1.165) is 6.54 Å². The zero-order valence-electron chi connectivity index (χ0n) is 11.8. The van der Waals surface area contributed by atoms with E-state index in [1.807, 2.05) is 6.92 Å². The Balaban J connectivity index is 2.15. The highest BCUT2D eigenvalue weighted by molar-refractivity contribution is 5.74. The van der Waals surface area contributed by atoms with Gasteiger partial charge in [-0.3, -0.25) is 0 Å². The van der Waals surface area contributed by atoms with Crippen LogP contribution in [0.1, 0.15) is 51.9 Å². The number of hydrogen-bond donors (Lipinski definition) is 2. The Kier molecular flexibility index (Phi) is 7.81. The number of ether oxygens (including phenoxy) is 1. The smallest absolute Gasteiger partial charge is 0.315 e. The lowest BCUT2D eigenvalue weighted by atomic mass is 9.91. The maximum atomic E-state index is 11.6. The largest absolute Gasteiger partial charge is 0.383 e. The summed E-state index contributed by atoms with van der Waals surface area (Å²) in [6, 6.07) is -0.00561. The number of urea groups is 1. The molecule has 0 heterocycles. The van der Waals surface area contributed by atoms with Gasteiger partial charge in [0.05, 0.1) is 12.6 Å². The molecule has 4 nitrogen and oxygen atoms in total. The van der Waals surface area contributed by atoms with Crippen molar-refractivity contribution in [1.82, 2.24) is 10.6 Å². The van der Waals surface area contributed by atoms with Crippen LogP contribution < -0.4 is 10.6 Å². The summed E-state index contributed by atoms with van der Waals surface area (Å²) in [4.78, 5) is 11.6. The molecule has 2 amide bonds. The third-order valence-electron chi connectivity index (χ3n) is 3.57. The van der Waals surface area contributed by atoms with Gasteiger partial charge in [-0.15, -0.1) is 0 Å². The summed E-state index contributed by atoms with van der Waals surface area (Å²) in [5, 5.41) is 5.86. The van der Waals surface area contributed by atoms with Crippen molar-refractivity contribution in [3.8, 4) is 0 Å². The lowest BCUT2D eigenvalue weighted by Crippen LogP contribution is -2.44. The summed E-state index contributed by atoms with van der Waals surface area (Å²) in [7, 11) is 1.64. The van der Waals surface area contributed by atoms with Gasteiger partial charge in [0.15, 0.2) is 0 Å². The van der Waals surface area contributed by atoms with Crippen molar-refractivity contribution in [2.45, 2.75) is 57.9 Å². The lowest BCUT2D eigenvalue weighted by molar-refractivity contribution is 0.170. The average Bonchev–Trinajstić information content (AvgIpc) is 2.27. The van der Waals surface area contributed by atoms with Gasteiger partial charge in [-0.05, 0) is 25.7 Å². The number of nitrogens with one attached hydrogen (secondary N) is 2. The Hall–Kier alpha value is -0.770. The van der Waals surface area contributed by atoms with E-state index in [-0.39, 0.29) is 12.1 Å². The fourth-order valence-corrected chi connectivity index (χ4v) is 2.55. The van der Waals surface area contributed by atoms with Crippen molar-refractivity contribution in [3.05, 3.63) is 0 Å². The highest BCUT2D eigenvalue weighted by Gasteiger charge is 2.13. The van der Waals surface area contributed by atoms with Crippen LogP contribution in [0.25, 0.3) is 0 Å². The second kappa shape index (κ2) is 9.20. The maximum absolute atomic E-state index is 11.6.